The van der Waals surface area contributed by atoms with Crippen LogP contribution in [0.3, 0.4) is 0 Å². The molecule has 0 aromatic heterocycles. The highest BCUT2D eigenvalue weighted by Gasteiger charge is 2.18. The Labute approximate surface area is 349 Å². The van der Waals surface area contributed by atoms with E-state index in [2.05, 4.69) is 122 Å². The molecular weight excluding hydrogens is 699 g/mol. The van der Waals surface area contributed by atoms with Gasteiger partial charge in [-0.05, 0) is 123 Å². The third-order valence-electron chi connectivity index (χ3n) is 10.9. The van der Waals surface area contributed by atoms with Crippen LogP contribution in [0.15, 0.2) is 75.1 Å². The van der Waals surface area contributed by atoms with Gasteiger partial charge in [0.1, 0.15) is 11.4 Å². The molecular formula is C51H81N5O. The highest BCUT2D eigenvalue weighted by Crippen LogP contribution is 2.38. The van der Waals surface area contributed by atoms with Gasteiger partial charge in [-0.1, -0.05) is 138 Å². The summed E-state index contributed by atoms with van der Waals surface area (Å²) in [5, 5.41) is 18.8. The second-order valence-corrected chi connectivity index (χ2v) is 19.6. The van der Waals surface area contributed by atoms with E-state index in [0.29, 0.717) is 35.3 Å². The van der Waals surface area contributed by atoms with Crippen molar-refractivity contribution < 1.29 is 4.74 Å². The van der Waals surface area contributed by atoms with Gasteiger partial charge in [-0.15, -0.1) is 5.11 Å². The van der Waals surface area contributed by atoms with E-state index in [0.717, 1.165) is 54.1 Å². The summed E-state index contributed by atoms with van der Waals surface area (Å²) in [6.07, 6.45) is 18.1. The van der Waals surface area contributed by atoms with Crippen molar-refractivity contribution in [2.75, 3.05) is 24.6 Å². The second-order valence-electron chi connectivity index (χ2n) is 19.6. The van der Waals surface area contributed by atoms with Crippen molar-refractivity contribution in [2.24, 2.45) is 43.1 Å². The molecule has 0 saturated heterocycles. The molecule has 0 radical (unpaired) electrons. The molecule has 0 bridgehead atoms. The van der Waals surface area contributed by atoms with Crippen molar-refractivity contribution in [3.63, 3.8) is 0 Å². The van der Waals surface area contributed by atoms with Gasteiger partial charge < -0.3 is 9.64 Å². The van der Waals surface area contributed by atoms with Crippen LogP contribution in [0.25, 0.3) is 0 Å². The predicted molar refractivity (Wildman–Crippen MR) is 247 cm³/mol. The monoisotopic (exact) mass is 780 g/mol. The molecule has 0 aliphatic rings. The van der Waals surface area contributed by atoms with Crippen molar-refractivity contribution in [3.8, 4) is 5.75 Å². The number of benzene rings is 3. The number of rotatable bonds is 25. The first-order valence-electron chi connectivity index (χ1n) is 22.6. The summed E-state index contributed by atoms with van der Waals surface area (Å²) in [5.41, 5.74) is 8.41. The third kappa shape index (κ3) is 19.6. The van der Waals surface area contributed by atoms with Gasteiger partial charge in [0, 0.05) is 24.8 Å². The van der Waals surface area contributed by atoms with E-state index in [1.165, 1.54) is 88.3 Å². The fourth-order valence-electron chi connectivity index (χ4n) is 7.94. The van der Waals surface area contributed by atoms with Crippen LogP contribution in [0.2, 0.25) is 0 Å². The van der Waals surface area contributed by atoms with E-state index in [1.54, 1.807) is 0 Å². The molecule has 3 aromatic carbocycles. The van der Waals surface area contributed by atoms with Crippen molar-refractivity contribution in [1.29, 1.82) is 0 Å². The van der Waals surface area contributed by atoms with Crippen LogP contribution >= 0.6 is 0 Å². The predicted octanol–water partition coefficient (Wildman–Crippen LogP) is 17.5. The van der Waals surface area contributed by atoms with Crippen LogP contribution in [0.5, 0.6) is 5.75 Å². The normalized spacial score (nSPS) is 13.5. The summed E-state index contributed by atoms with van der Waals surface area (Å²) in [4.78, 5) is 2.62. The zero-order chi connectivity index (χ0) is 41.8. The van der Waals surface area contributed by atoms with Gasteiger partial charge in [-0.2, -0.15) is 15.3 Å². The Kier molecular flexibility index (Phi) is 20.5. The molecule has 0 aliphatic carbocycles. The number of hydrogen-bond acceptors (Lipinski definition) is 6. The maximum Gasteiger partial charge on any atom is 0.149 e. The summed E-state index contributed by atoms with van der Waals surface area (Å²) in [7, 11) is 0. The Bertz CT molecular complexity index is 1650. The lowest BCUT2D eigenvalue weighted by Gasteiger charge is -2.29. The van der Waals surface area contributed by atoms with Crippen LogP contribution in [-0.4, -0.2) is 19.7 Å². The molecule has 57 heavy (non-hydrogen) atoms. The molecule has 0 aliphatic heterocycles. The average Bonchev–Trinajstić information content (AvgIpc) is 3.12. The third-order valence-corrected chi connectivity index (χ3v) is 10.9. The van der Waals surface area contributed by atoms with Gasteiger partial charge in [0.25, 0.3) is 0 Å². The van der Waals surface area contributed by atoms with E-state index >= 15 is 0 Å². The topological polar surface area (TPSA) is 61.9 Å². The molecule has 0 spiro atoms. The standard InChI is InChI=1S/C51H81N5O/c1-13-14-15-16-17-18-19-20-21-22-31-56(32-29-40(3)37-50(7,8)9)45-27-28-46(42(5)34-45)53-55-48-35-43(6)47(54-52-44-25-23-39(2)24-26-44)36-49(48)57-33-30-41(4)38-51(10,11)12/h23-28,34-36,40-41H,13-22,29-33,37-38H2,1-12H3/b54-52+,55-53+. The highest BCUT2D eigenvalue weighted by molar-refractivity contribution is 5.63. The molecule has 3 rings (SSSR count). The minimum Gasteiger partial charge on any atom is -0.491 e. The van der Waals surface area contributed by atoms with Gasteiger partial charge in [0.2, 0.25) is 0 Å². The van der Waals surface area contributed by atoms with E-state index in [9.17, 15) is 0 Å². The van der Waals surface area contributed by atoms with Gasteiger partial charge in [-0.25, -0.2) is 0 Å². The number of aryl methyl sites for hydroxylation is 3. The molecule has 0 amide bonds. The van der Waals surface area contributed by atoms with Crippen LogP contribution in [-0.2, 0) is 0 Å². The summed E-state index contributed by atoms with van der Waals surface area (Å²) in [6, 6.07) is 18.8. The van der Waals surface area contributed by atoms with E-state index in [-0.39, 0.29) is 5.41 Å². The lowest BCUT2D eigenvalue weighted by Crippen LogP contribution is -2.27. The molecule has 0 fully saturated rings. The number of azo groups is 2. The zero-order valence-corrected chi connectivity index (χ0v) is 38.5. The Hall–Kier alpha value is -3.54. The number of anilines is 1. The Morgan fingerprint density at radius 1 is 0.561 bits per heavy atom. The fourth-order valence-corrected chi connectivity index (χ4v) is 7.94. The van der Waals surface area contributed by atoms with E-state index < -0.39 is 0 Å². The Balaban J connectivity index is 1.78. The number of unbranched alkanes of at least 4 members (excludes halogenated alkanes) is 9. The maximum atomic E-state index is 6.46. The molecule has 6 nitrogen and oxygen atoms in total. The summed E-state index contributed by atoms with van der Waals surface area (Å²) in [6.45, 7) is 30.1. The maximum absolute atomic E-state index is 6.46. The van der Waals surface area contributed by atoms with Crippen molar-refractivity contribution in [2.45, 2.75) is 173 Å². The Morgan fingerprint density at radius 3 is 1.70 bits per heavy atom. The quantitative estimate of drug-likeness (QED) is 0.0635. The van der Waals surface area contributed by atoms with Crippen LogP contribution in [0, 0.1) is 43.4 Å². The molecule has 2 atom stereocenters. The number of hydrogen-bond donors (Lipinski definition) is 0. The molecule has 316 valence electrons. The summed E-state index contributed by atoms with van der Waals surface area (Å²) >= 11 is 0. The molecule has 0 N–H and O–H groups in total. The first-order chi connectivity index (χ1) is 27.0. The minimum atomic E-state index is 0.286. The van der Waals surface area contributed by atoms with Gasteiger partial charge in [0.15, 0.2) is 0 Å². The van der Waals surface area contributed by atoms with Crippen LogP contribution in [0.1, 0.15) is 169 Å². The zero-order valence-electron chi connectivity index (χ0n) is 38.5. The largest absolute Gasteiger partial charge is 0.491 e. The van der Waals surface area contributed by atoms with Gasteiger partial charge in [-0.3, -0.25) is 0 Å². The molecule has 3 aromatic rings. The fraction of sp³-hybridized carbons (Fsp3) is 0.647. The molecule has 0 heterocycles. The first kappa shape index (κ1) is 47.8. The average molecular weight is 780 g/mol. The summed E-state index contributed by atoms with van der Waals surface area (Å²) < 4.78 is 6.46. The van der Waals surface area contributed by atoms with E-state index in [4.69, 9.17) is 15.0 Å². The SMILES string of the molecule is CCCCCCCCCCCCN(CCC(C)CC(C)(C)C)c1ccc(/N=N/c2cc(C)c(/N=N/c3ccc(C)cc3)cc2OCCC(C)CC(C)(C)C)c(C)c1. The second kappa shape index (κ2) is 24.4. The lowest BCUT2D eigenvalue weighted by molar-refractivity contribution is 0.241. The molecule has 2 unspecified atom stereocenters. The number of ether oxygens (including phenoxy) is 1. The highest BCUT2D eigenvalue weighted by atomic mass is 16.5. The van der Waals surface area contributed by atoms with Crippen LogP contribution < -0.4 is 9.64 Å². The Morgan fingerprint density at radius 2 is 1.11 bits per heavy atom. The summed E-state index contributed by atoms with van der Waals surface area (Å²) in [5.74, 6) is 1.92. The first-order valence-corrected chi connectivity index (χ1v) is 22.6. The van der Waals surface area contributed by atoms with Gasteiger partial charge >= 0.3 is 0 Å². The lowest BCUT2D eigenvalue weighted by atomic mass is 9.84. The number of nitrogens with zero attached hydrogens (tertiary/aromatic N) is 5. The smallest absolute Gasteiger partial charge is 0.149 e. The minimum absolute atomic E-state index is 0.286. The van der Waals surface area contributed by atoms with Crippen LogP contribution in [0.4, 0.5) is 28.4 Å². The van der Waals surface area contributed by atoms with E-state index in [1.807, 2.05) is 31.2 Å². The van der Waals surface area contributed by atoms with Gasteiger partial charge in [0.05, 0.1) is 23.7 Å². The molecule has 6 heteroatoms. The molecule has 0 saturated carbocycles. The van der Waals surface area contributed by atoms with Crippen molar-refractivity contribution in [3.05, 3.63) is 71.3 Å². The van der Waals surface area contributed by atoms with Crippen molar-refractivity contribution in [1.82, 2.24) is 0 Å². The van der Waals surface area contributed by atoms with Crippen molar-refractivity contribution >= 4 is 28.4 Å².